The molecule has 0 N–H and O–H groups in total. The van der Waals surface area contributed by atoms with E-state index in [1.165, 1.54) is 0 Å². The number of benzene rings is 2. The minimum absolute atomic E-state index is 0.0919. The van der Waals surface area contributed by atoms with E-state index in [1.54, 1.807) is 46.8 Å². The predicted molar refractivity (Wildman–Crippen MR) is 134 cm³/mol. The standard InChI is InChI=1S/C26H33ClN2O4S/c1-21-7-5-8-24(17-21)34(31,32)29-16-6-13-26(19-29,18-25(30)28-14-3-2-4-15-28)20-33-23-11-9-22(27)10-12-23/h5,7-12,17H,2-4,6,13-16,18-20H2,1H3. The van der Waals surface area contributed by atoms with Crippen molar-refractivity contribution in [2.75, 3.05) is 32.8 Å². The molecule has 4 rings (SSSR count). The Morgan fingerprint density at radius 1 is 1.03 bits per heavy atom. The Morgan fingerprint density at radius 2 is 1.76 bits per heavy atom. The van der Waals surface area contributed by atoms with Crippen molar-refractivity contribution in [1.82, 2.24) is 9.21 Å². The van der Waals surface area contributed by atoms with Gasteiger partial charge in [0, 0.05) is 43.0 Å². The first-order chi connectivity index (χ1) is 16.3. The van der Waals surface area contributed by atoms with Crippen LogP contribution in [0.15, 0.2) is 53.4 Å². The monoisotopic (exact) mass is 504 g/mol. The summed E-state index contributed by atoms with van der Waals surface area (Å²) in [5, 5.41) is 0.621. The highest BCUT2D eigenvalue weighted by atomic mass is 35.5. The SMILES string of the molecule is Cc1cccc(S(=O)(=O)N2CCCC(COc3ccc(Cl)cc3)(CC(=O)N3CCCCC3)C2)c1. The van der Waals surface area contributed by atoms with Gasteiger partial charge < -0.3 is 9.64 Å². The van der Waals surface area contributed by atoms with Crippen molar-refractivity contribution in [2.24, 2.45) is 5.41 Å². The third-order valence-electron chi connectivity index (χ3n) is 6.85. The van der Waals surface area contributed by atoms with Crippen molar-refractivity contribution in [1.29, 1.82) is 0 Å². The summed E-state index contributed by atoms with van der Waals surface area (Å²) in [4.78, 5) is 15.5. The fourth-order valence-electron chi connectivity index (χ4n) is 4.95. The van der Waals surface area contributed by atoms with E-state index < -0.39 is 15.4 Å². The molecule has 6 nitrogen and oxygen atoms in total. The molecule has 1 atom stereocenters. The first-order valence-electron chi connectivity index (χ1n) is 12.0. The number of ether oxygens (including phenoxy) is 1. The first-order valence-corrected chi connectivity index (χ1v) is 13.8. The maximum atomic E-state index is 13.5. The van der Waals surface area contributed by atoms with Crippen LogP contribution in [0.25, 0.3) is 0 Å². The third-order valence-corrected chi connectivity index (χ3v) is 8.94. The number of amides is 1. The summed E-state index contributed by atoms with van der Waals surface area (Å²) in [5.74, 6) is 0.752. The van der Waals surface area contributed by atoms with Crippen LogP contribution in [0.3, 0.4) is 0 Å². The molecule has 184 valence electrons. The highest BCUT2D eigenvalue weighted by Gasteiger charge is 2.43. The number of nitrogens with zero attached hydrogens (tertiary/aromatic N) is 2. The van der Waals surface area contributed by atoms with E-state index >= 15 is 0 Å². The molecule has 0 bridgehead atoms. The zero-order chi connectivity index (χ0) is 24.2. The maximum absolute atomic E-state index is 13.5. The van der Waals surface area contributed by atoms with Crippen LogP contribution in [0.4, 0.5) is 0 Å². The van der Waals surface area contributed by atoms with Crippen molar-refractivity contribution in [3.63, 3.8) is 0 Å². The van der Waals surface area contributed by atoms with Gasteiger partial charge in [-0.25, -0.2) is 8.42 Å². The summed E-state index contributed by atoms with van der Waals surface area (Å²) in [6.45, 7) is 4.41. The van der Waals surface area contributed by atoms with E-state index in [0.29, 0.717) is 28.6 Å². The number of piperidine rings is 2. The lowest BCUT2D eigenvalue weighted by molar-refractivity contribution is -0.136. The van der Waals surface area contributed by atoms with Gasteiger partial charge in [-0.1, -0.05) is 23.7 Å². The van der Waals surface area contributed by atoms with Crippen LogP contribution in [0.5, 0.6) is 5.75 Å². The van der Waals surface area contributed by atoms with Gasteiger partial charge in [0.05, 0.1) is 11.5 Å². The second kappa shape index (κ2) is 10.7. The Balaban J connectivity index is 1.58. The van der Waals surface area contributed by atoms with E-state index in [4.69, 9.17) is 16.3 Å². The quantitative estimate of drug-likeness (QED) is 0.537. The fraction of sp³-hybridized carbons (Fsp3) is 0.500. The van der Waals surface area contributed by atoms with Crippen molar-refractivity contribution in [3.05, 3.63) is 59.1 Å². The molecule has 8 heteroatoms. The Hall–Kier alpha value is -2.09. The average molecular weight is 505 g/mol. The van der Waals surface area contributed by atoms with E-state index in [0.717, 1.165) is 44.3 Å². The number of aryl methyl sites for hydroxylation is 1. The number of rotatable bonds is 7. The van der Waals surface area contributed by atoms with Crippen molar-refractivity contribution >= 4 is 27.5 Å². The van der Waals surface area contributed by atoms with E-state index in [-0.39, 0.29) is 25.5 Å². The topological polar surface area (TPSA) is 66.9 Å². The predicted octanol–water partition coefficient (Wildman–Crippen LogP) is 4.90. The molecule has 0 spiro atoms. The number of hydrogen-bond donors (Lipinski definition) is 0. The summed E-state index contributed by atoms with van der Waals surface area (Å²) in [5.41, 5.74) is 0.305. The van der Waals surface area contributed by atoms with Crippen molar-refractivity contribution in [3.8, 4) is 5.75 Å². The average Bonchev–Trinajstić information content (AvgIpc) is 2.84. The second-order valence-electron chi connectivity index (χ2n) is 9.62. The molecule has 0 aliphatic carbocycles. The summed E-state index contributed by atoms with van der Waals surface area (Å²) in [7, 11) is -3.67. The first kappa shape index (κ1) is 25.0. The van der Waals surface area contributed by atoms with Crippen LogP contribution in [0.2, 0.25) is 5.02 Å². The Labute approximate surface area is 207 Å². The van der Waals surface area contributed by atoms with Crippen molar-refractivity contribution < 1.29 is 17.9 Å². The number of halogens is 1. The van der Waals surface area contributed by atoms with Crippen LogP contribution in [0, 0.1) is 12.3 Å². The normalized spacial score (nSPS) is 21.9. The molecule has 2 saturated heterocycles. The number of carbonyl (C=O) groups excluding carboxylic acids is 1. The number of carbonyl (C=O) groups is 1. The summed E-state index contributed by atoms with van der Waals surface area (Å²) >= 11 is 6.00. The summed E-state index contributed by atoms with van der Waals surface area (Å²) in [6.07, 6.45) is 4.89. The summed E-state index contributed by atoms with van der Waals surface area (Å²) < 4.78 is 34.7. The lowest BCUT2D eigenvalue weighted by atomic mass is 9.78. The molecular formula is C26H33ClN2O4S. The molecule has 2 fully saturated rings. The molecule has 2 aromatic carbocycles. The molecule has 2 heterocycles. The minimum Gasteiger partial charge on any atom is -0.493 e. The van der Waals surface area contributed by atoms with Crippen LogP contribution < -0.4 is 4.74 Å². The van der Waals surface area contributed by atoms with Crippen LogP contribution >= 0.6 is 11.6 Å². The molecule has 0 radical (unpaired) electrons. The lowest BCUT2D eigenvalue weighted by Crippen LogP contribution is -2.51. The van der Waals surface area contributed by atoms with Gasteiger partial charge in [0.25, 0.3) is 0 Å². The van der Waals surface area contributed by atoms with Gasteiger partial charge in [0.15, 0.2) is 0 Å². The van der Waals surface area contributed by atoms with Gasteiger partial charge >= 0.3 is 0 Å². The van der Waals surface area contributed by atoms with Crippen LogP contribution in [0.1, 0.15) is 44.1 Å². The van der Waals surface area contributed by atoms with Gasteiger partial charge in [-0.2, -0.15) is 4.31 Å². The Morgan fingerprint density at radius 3 is 2.47 bits per heavy atom. The Bertz CT molecular complexity index is 1100. The third kappa shape index (κ3) is 5.93. The molecule has 1 unspecified atom stereocenters. The van der Waals surface area contributed by atoms with Gasteiger partial charge in [-0.3, -0.25) is 4.79 Å². The number of likely N-dealkylation sites (tertiary alicyclic amines) is 1. The highest BCUT2D eigenvalue weighted by molar-refractivity contribution is 7.89. The van der Waals surface area contributed by atoms with Gasteiger partial charge in [-0.15, -0.1) is 0 Å². The van der Waals surface area contributed by atoms with Gasteiger partial charge in [0.2, 0.25) is 15.9 Å². The fourth-order valence-corrected chi connectivity index (χ4v) is 6.77. The van der Waals surface area contributed by atoms with Gasteiger partial charge in [0.1, 0.15) is 5.75 Å². The smallest absolute Gasteiger partial charge is 0.243 e. The second-order valence-corrected chi connectivity index (χ2v) is 12.0. The van der Waals surface area contributed by atoms with E-state index in [1.807, 2.05) is 17.9 Å². The molecule has 2 aliphatic rings. The molecule has 0 aromatic heterocycles. The molecule has 2 aromatic rings. The molecule has 2 aliphatic heterocycles. The van der Waals surface area contributed by atoms with Gasteiger partial charge in [-0.05, 0) is 81.0 Å². The number of hydrogen-bond acceptors (Lipinski definition) is 4. The van der Waals surface area contributed by atoms with E-state index in [2.05, 4.69) is 0 Å². The highest BCUT2D eigenvalue weighted by Crippen LogP contribution is 2.38. The molecule has 1 amide bonds. The zero-order valence-electron chi connectivity index (χ0n) is 19.7. The number of sulfonamides is 1. The molecule has 0 saturated carbocycles. The van der Waals surface area contributed by atoms with Crippen molar-refractivity contribution in [2.45, 2.75) is 50.3 Å². The maximum Gasteiger partial charge on any atom is 0.243 e. The lowest BCUT2D eigenvalue weighted by Gasteiger charge is -2.42. The van der Waals surface area contributed by atoms with Crippen LogP contribution in [-0.4, -0.2) is 56.3 Å². The largest absolute Gasteiger partial charge is 0.493 e. The van der Waals surface area contributed by atoms with Crippen LogP contribution in [-0.2, 0) is 14.8 Å². The Kier molecular flexibility index (Phi) is 7.85. The van der Waals surface area contributed by atoms with E-state index in [9.17, 15) is 13.2 Å². The molecular weight excluding hydrogens is 472 g/mol. The molecule has 34 heavy (non-hydrogen) atoms. The summed E-state index contributed by atoms with van der Waals surface area (Å²) in [6, 6.07) is 14.1. The zero-order valence-corrected chi connectivity index (χ0v) is 21.3. The minimum atomic E-state index is -3.67.